The van der Waals surface area contributed by atoms with Crippen LogP contribution in [0.5, 0.6) is 0 Å². The highest BCUT2D eigenvalue weighted by Crippen LogP contribution is 2.17. The smallest absolute Gasteiger partial charge is 0.255 e. The normalized spacial score (nSPS) is 10.0. The van der Waals surface area contributed by atoms with Crippen LogP contribution in [0.2, 0.25) is 0 Å². The van der Waals surface area contributed by atoms with Crippen LogP contribution in [-0.4, -0.2) is 15.9 Å². The summed E-state index contributed by atoms with van der Waals surface area (Å²) in [7, 11) is 0. The van der Waals surface area contributed by atoms with Crippen LogP contribution in [0.15, 0.2) is 41.4 Å². The Morgan fingerprint density at radius 3 is 2.71 bits per heavy atom. The first-order valence-corrected chi connectivity index (χ1v) is 5.79. The van der Waals surface area contributed by atoms with E-state index < -0.39 is 0 Å². The van der Waals surface area contributed by atoms with E-state index in [-0.39, 0.29) is 5.91 Å². The molecule has 0 saturated heterocycles. The van der Waals surface area contributed by atoms with E-state index in [1.54, 1.807) is 30.7 Å². The van der Waals surface area contributed by atoms with Gasteiger partial charge in [0.1, 0.15) is 4.60 Å². The number of halogens is 1. The molecule has 2 rings (SSSR count). The van der Waals surface area contributed by atoms with Gasteiger partial charge >= 0.3 is 0 Å². The zero-order valence-electron chi connectivity index (χ0n) is 9.14. The summed E-state index contributed by atoms with van der Waals surface area (Å²) in [6.07, 6.45) is 4.77. The van der Waals surface area contributed by atoms with Gasteiger partial charge in [-0.3, -0.25) is 9.78 Å². The lowest BCUT2D eigenvalue weighted by Gasteiger charge is -2.06. The van der Waals surface area contributed by atoms with Crippen molar-refractivity contribution in [2.75, 3.05) is 5.32 Å². The zero-order chi connectivity index (χ0) is 12.3. The Bertz CT molecular complexity index is 543. The number of nitrogens with one attached hydrogen (secondary N) is 1. The molecule has 0 atom stereocenters. The number of aromatic nitrogens is 2. The van der Waals surface area contributed by atoms with Crippen LogP contribution >= 0.6 is 15.9 Å². The summed E-state index contributed by atoms with van der Waals surface area (Å²) < 4.78 is 0.777. The monoisotopic (exact) mass is 291 g/mol. The van der Waals surface area contributed by atoms with Crippen molar-refractivity contribution in [1.29, 1.82) is 0 Å². The first-order valence-electron chi connectivity index (χ1n) is 5.00. The van der Waals surface area contributed by atoms with Gasteiger partial charge in [0.25, 0.3) is 5.91 Å². The topological polar surface area (TPSA) is 54.9 Å². The molecule has 0 unspecified atom stereocenters. The lowest BCUT2D eigenvalue weighted by molar-refractivity contribution is 0.102. The Morgan fingerprint density at radius 1 is 1.35 bits per heavy atom. The number of aryl methyl sites for hydroxylation is 1. The first-order chi connectivity index (χ1) is 8.16. The largest absolute Gasteiger partial charge is 0.321 e. The third-order valence-electron chi connectivity index (χ3n) is 2.21. The number of anilines is 1. The Hall–Kier alpha value is -1.75. The number of pyridine rings is 2. The molecule has 86 valence electrons. The van der Waals surface area contributed by atoms with E-state index in [0.29, 0.717) is 11.3 Å². The van der Waals surface area contributed by atoms with Crippen molar-refractivity contribution < 1.29 is 4.79 Å². The van der Waals surface area contributed by atoms with Crippen molar-refractivity contribution in [3.63, 3.8) is 0 Å². The Balaban J connectivity index is 2.16. The van der Waals surface area contributed by atoms with Crippen LogP contribution in [0, 0.1) is 6.92 Å². The number of nitrogens with zero attached hydrogens (tertiary/aromatic N) is 2. The SMILES string of the molecule is Cc1cc(NC(=O)c2ccncc2)cnc1Br. The van der Waals surface area contributed by atoms with Crippen LogP contribution in [0.4, 0.5) is 5.69 Å². The van der Waals surface area contributed by atoms with Gasteiger partial charge in [-0.05, 0) is 46.6 Å². The molecule has 1 amide bonds. The first kappa shape index (κ1) is 11.7. The van der Waals surface area contributed by atoms with Crippen LogP contribution in [-0.2, 0) is 0 Å². The van der Waals surface area contributed by atoms with Crippen LogP contribution < -0.4 is 5.32 Å². The molecule has 17 heavy (non-hydrogen) atoms. The second kappa shape index (κ2) is 5.05. The second-order valence-electron chi connectivity index (χ2n) is 3.52. The van der Waals surface area contributed by atoms with Crippen molar-refractivity contribution in [2.45, 2.75) is 6.92 Å². The van der Waals surface area contributed by atoms with E-state index in [1.807, 2.05) is 13.0 Å². The van der Waals surface area contributed by atoms with Gasteiger partial charge in [0.05, 0.1) is 11.9 Å². The number of rotatable bonds is 2. The number of carbonyl (C=O) groups is 1. The van der Waals surface area contributed by atoms with Crippen molar-refractivity contribution in [2.24, 2.45) is 0 Å². The molecule has 2 heterocycles. The third-order valence-corrected chi connectivity index (χ3v) is 3.04. The summed E-state index contributed by atoms with van der Waals surface area (Å²) in [6.45, 7) is 1.92. The molecule has 0 radical (unpaired) electrons. The van der Waals surface area contributed by atoms with Gasteiger partial charge in [0.15, 0.2) is 0 Å². The maximum absolute atomic E-state index is 11.8. The van der Waals surface area contributed by atoms with E-state index >= 15 is 0 Å². The summed E-state index contributed by atoms with van der Waals surface area (Å²) in [6, 6.07) is 5.18. The van der Waals surface area contributed by atoms with Gasteiger partial charge in [-0.2, -0.15) is 0 Å². The highest BCUT2D eigenvalue weighted by molar-refractivity contribution is 9.10. The third kappa shape index (κ3) is 2.88. The van der Waals surface area contributed by atoms with Gasteiger partial charge < -0.3 is 5.32 Å². The van der Waals surface area contributed by atoms with Crippen molar-refractivity contribution >= 4 is 27.5 Å². The van der Waals surface area contributed by atoms with Crippen LogP contribution in [0.1, 0.15) is 15.9 Å². The quantitative estimate of drug-likeness (QED) is 0.866. The van der Waals surface area contributed by atoms with Crippen molar-refractivity contribution in [3.8, 4) is 0 Å². The van der Waals surface area contributed by atoms with E-state index in [0.717, 1.165) is 10.2 Å². The van der Waals surface area contributed by atoms with E-state index in [2.05, 4.69) is 31.2 Å². The Kier molecular flexibility index (Phi) is 3.49. The number of hydrogen-bond donors (Lipinski definition) is 1. The summed E-state index contributed by atoms with van der Waals surface area (Å²) >= 11 is 3.31. The van der Waals surface area contributed by atoms with Crippen molar-refractivity contribution in [3.05, 3.63) is 52.5 Å². The predicted molar refractivity (Wildman–Crippen MR) is 68.9 cm³/mol. The molecule has 0 bridgehead atoms. The molecular formula is C12H10BrN3O. The summed E-state index contributed by atoms with van der Waals surface area (Å²) in [4.78, 5) is 19.8. The molecule has 5 heteroatoms. The summed E-state index contributed by atoms with van der Waals surface area (Å²) in [5.74, 6) is -0.170. The van der Waals surface area contributed by atoms with Gasteiger partial charge in [0, 0.05) is 18.0 Å². The Labute approximate surface area is 107 Å². The Morgan fingerprint density at radius 2 is 2.06 bits per heavy atom. The zero-order valence-corrected chi connectivity index (χ0v) is 10.7. The van der Waals surface area contributed by atoms with E-state index in [4.69, 9.17) is 0 Å². The molecule has 0 fully saturated rings. The molecule has 0 saturated carbocycles. The fraction of sp³-hybridized carbons (Fsp3) is 0.0833. The van der Waals surface area contributed by atoms with E-state index in [9.17, 15) is 4.79 Å². The molecule has 0 spiro atoms. The fourth-order valence-corrected chi connectivity index (χ4v) is 1.55. The standard InChI is InChI=1S/C12H10BrN3O/c1-8-6-10(7-15-11(8)13)16-12(17)9-2-4-14-5-3-9/h2-7H,1H3,(H,16,17). The van der Waals surface area contributed by atoms with Crippen molar-refractivity contribution in [1.82, 2.24) is 9.97 Å². The highest BCUT2D eigenvalue weighted by atomic mass is 79.9. The molecule has 2 aromatic heterocycles. The van der Waals surface area contributed by atoms with Gasteiger partial charge in [-0.15, -0.1) is 0 Å². The number of hydrogen-bond acceptors (Lipinski definition) is 3. The molecule has 0 aliphatic carbocycles. The second-order valence-corrected chi connectivity index (χ2v) is 4.27. The molecule has 0 aliphatic rings. The minimum atomic E-state index is -0.170. The van der Waals surface area contributed by atoms with Gasteiger partial charge in [-0.1, -0.05) is 0 Å². The molecule has 1 N–H and O–H groups in total. The minimum Gasteiger partial charge on any atom is -0.321 e. The number of carbonyl (C=O) groups excluding carboxylic acids is 1. The van der Waals surface area contributed by atoms with Crippen LogP contribution in [0.25, 0.3) is 0 Å². The molecule has 0 aliphatic heterocycles. The predicted octanol–water partition coefficient (Wildman–Crippen LogP) is 2.80. The highest BCUT2D eigenvalue weighted by Gasteiger charge is 2.06. The lowest BCUT2D eigenvalue weighted by atomic mass is 10.2. The summed E-state index contributed by atoms with van der Waals surface area (Å²) in [5.41, 5.74) is 2.21. The summed E-state index contributed by atoms with van der Waals surface area (Å²) in [5, 5.41) is 2.78. The minimum absolute atomic E-state index is 0.170. The molecular weight excluding hydrogens is 282 g/mol. The van der Waals surface area contributed by atoms with Crippen LogP contribution in [0.3, 0.4) is 0 Å². The van der Waals surface area contributed by atoms with Gasteiger partial charge in [-0.25, -0.2) is 4.98 Å². The fourth-order valence-electron chi connectivity index (χ4n) is 1.33. The van der Waals surface area contributed by atoms with E-state index in [1.165, 1.54) is 0 Å². The molecule has 0 aromatic carbocycles. The molecule has 2 aromatic rings. The average Bonchev–Trinajstić information content (AvgIpc) is 2.35. The maximum Gasteiger partial charge on any atom is 0.255 e. The number of amides is 1. The maximum atomic E-state index is 11.8. The molecule has 4 nitrogen and oxygen atoms in total. The average molecular weight is 292 g/mol. The lowest BCUT2D eigenvalue weighted by Crippen LogP contribution is -2.12. The van der Waals surface area contributed by atoms with Gasteiger partial charge in [0.2, 0.25) is 0 Å².